The van der Waals surface area contributed by atoms with E-state index < -0.39 is 11.9 Å². The van der Waals surface area contributed by atoms with Crippen LogP contribution >= 0.6 is 11.3 Å². The second-order valence-electron chi connectivity index (χ2n) is 9.39. The third kappa shape index (κ3) is 4.18. The molecular weight excluding hydrogens is 498 g/mol. The van der Waals surface area contributed by atoms with Crippen LogP contribution in [0.4, 0.5) is 10.8 Å². The van der Waals surface area contributed by atoms with Gasteiger partial charge >= 0.3 is 5.97 Å². The number of anilines is 2. The van der Waals surface area contributed by atoms with Gasteiger partial charge in [0.05, 0.1) is 23.7 Å². The third-order valence-electron chi connectivity index (χ3n) is 7.07. The number of fused-ring (bicyclic) bond motifs is 3. The maximum absolute atomic E-state index is 13.8. The van der Waals surface area contributed by atoms with Gasteiger partial charge in [-0.25, -0.2) is 14.8 Å². The Kier molecular flexibility index (Phi) is 6.29. The Hall–Kier alpha value is -4.24. The number of nitrogen functional groups attached to an aromatic ring is 1. The standard InChI is InChI=1S/C29H27N5O3S/c1-37-29(36)22-18-11-5-8-14-21(18)38-28(22)33-27(35)23-24-26(32-20-13-7-6-12-19(20)31-24)34(25(23)30)16-15-17-9-3-2-4-10-17/h2-4,6-7,9-10,12-13H,5,8,11,14-16,30H2,1H3,(H,33,35). The Bertz CT molecular complexity index is 1690. The number of methoxy groups -OCH3 is 1. The van der Waals surface area contributed by atoms with Gasteiger partial charge in [-0.2, -0.15) is 0 Å². The molecule has 0 bridgehead atoms. The van der Waals surface area contributed by atoms with Gasteiger partial charge in [0.1, 0.15) is 21.9 Å². The van der Waals surface area contributed by atoms with Crippen LogP contribution in [0.5, 0.6) is 0 Å². The van der Waals surface area contributed by atoms with Gasteiger partial charge in [0.2, 0.25) is 0 Å². The van der Waals surface area contributed by atoms with Gasteiger partial charge in [-0.1, -0.05) is 42.5 Å². The minimum atomic E-state index is -0.441. The number of hydrogen-bond acceptors (Lipinski definition) is 7. The Morgan fingerprint density at radius 2 is 1.71 bits per heavy atom. The molecule has 38 heavy (non-hydrogen) atoms. The topological polar surface area (TPSA) is 112 Å². The number of hydrogen-bond donors (Lipinski definition) is 2. The molecule has 1 aliphatic rings. The molecular formula is C29H27N5O3S. The quantitative estimate of drug-likeness (QED) is 0.288. The maximum Gasteiger partial charge on any atom is 0.341 e. The first kappa shape index (κ1) is 24.1. The number of carbonyl (C=O) groups excluding carboxylic acids is 2. The maximum atomic E-state index is 13.8. The number of ether oxygens (including phenoxy) is 1. The van der Waals surface area contributed by atoms with Crippen molar-refractivity contribution in [3.05, 3.63) is 81.7 Å². The molecule has 3 heterocycles. The van der Waals surface area contributed by atoms with E-state index in [0.29, 0.717) is 46.0 Å². The summed E-state index contributed by atoms with van der Waals surface area (Å²) in [5.41, 5.74) is 11.9. The van der Waals surface area contributed by atoms with Crippen molar-refractivity contribution < 1.29 is 14.3 Å². The predicted octanol–water partition coefficient (Wildman–Crippen LogP) is 5.39. The number of esters is 1. The minimum Gasteiger partial charge on any atom is -0.465 e. The minimum absolute atomic E-state index is 0.258. The van der Waals surface area contributed by atoms with Crippen LogP contribution in [-0.2, 0) is 30.5 Å². The van der Waals surface area contributed by atoms with E-state index in [1.54, 1.807) is 0 Å². The van der Waals surface area contributed by atoms with E-state index in [1.807, 2.05) is 47.0 Å². The number of rotatable bonds is 6. The van der Waals surface area contributed by atoms with E-state index in [0.717, 1.165) is 47.2 Å². The SMILES string of the molecule is COC(=O)c1c(NC(=O)c2c(N)n(CCc3ccccc3)c3nc4ccccc4nc23)sc2c1CCCC2. The molecule has 6 rings (SSSR count). The van der Waals surface area contributed by atoms with Crippen molar-refractivity contribution in [1.82, 2.24) is 14.5 Å². The molecule has 0 aliphatic heterocycles. The highest BCUT2D eigenvalue weighted by atomic mass is 32.1. The van der Waals surface area contributed by atoms with Gasteiger partial charge in [0.25, 0.3) is 5.91 Å². The Morgan fingerprint density at radius 1 is 1.00 bits per heavy atom. The second-order valence-corrected chi connectivity index (χ2v) is 10.5. The number of benzene rings is 2. The zero-order chi connectivity index (χ0) is 26.2. The molecule has 0 unspecified atom stereocenters. The van der Waals surface area contributed by atoms with E-state index >= 15 is 0 Å². The fourth-order valence-corrected chi connectivity index (χ4v) is 6.46. The summed E-state index contributed by atoms with van der Waals surface area (Å²) in [7, 11) is 1.36. The Labute approximate surface area is 223 Å². The molecule has 3 aromatic heterocycles. The van der Waals surface area contributed by atoms with Crippen LogP contribution in [0, 0.1) is 0 Å². The lowest BCUT2D eigenvalue weighted by atomic mass is 9.95. The molecule has 9 heteroatoms. The predicted molar refractivity (Wildman–Crippen MR) is 150 cm³/mol. The number of thiophene rings is 1. The largest absolute Gasteiger partial charge is 0.465 e. The number of amides is 1. The van der Waals surface area contributed by atoms with Crippen LogP contribution in [0.15, 0.2) is 54.6 Å². The summed E-state index contributed by atoms with van der Waals surface area (Å²) in [6.45, 7) is 0.535. The average Bonchev–Trinajstić information content (AvgIpc) is 3.44. The van der Waals surface area contributed by atoms with Gasteiger partial charge in [0.15, 0.2) is 5.65 Å². The van der Waals surface area contributed by atoms with Gasteiger partial charge < -0.3 is 20.4 Å². The third-order valence-corrected chi connectivity index (χ3v) is 8.28. The van der Waals surface area contributed by atoms with Gasteiger partial charge in [-0.15, -0.1) is 11.3 Å². The van der Waals surface area contributed by atoms with Crippen LogP contribution in [0.2, 0.25) is 0 Å². The summed E-state index contributed by atoms with van der Waals surface area (Å²) >= 11 is 1.44. The van der Waals surface area contributed by atoms with Crippen LogP contribution in [0.3, 0.4) is 0 Å². The number of aromatic nitrogens is 3. The smallest absolute Gasteiger partial charge is 0.341 e. The first-order valence-corrected chi connectivity index (χ1v) is 13.5. The lowest BCUT2D eigenvalue weighted by Gasteiger charge is -2.11. The first-order valence-electron chi connectivity index (χ1n) is 12.7. The lowest BCUT2D eigenvalue weighted by Crippen LogP contribution is -2.17. The summed E-state index contributed by atoms with van der Waals surface area (Å²) in [5, 5.41) is 3.48. The van der Waals surface area contributed by atoms with Crippen molar-refractivity contribution in [2.75, 3.05) is 18.2 Å². The molecule has 0 spiro atoms. The highest BCUT2D eigenvalue weighted by Gasteiger charge is 2.29. The number of carbonyl (C=O) groups is 2. The molecule has 1 aliphatic carbocycles. The average molecular weight is 526 g/mol. The normalized spacial score (nSPS) is 13.0. The second kappa shape index (κ2) is 9.90. The summed E-state index contributed by atoms with van der Waals surface area (Å²) in [6.07, 6.45) is 4.47. The molecule has 0 radical (unpaired) electrons. The van der Waals surface area contributed by atoms with Crippen LogP contribution in [-0.4, -0.2) is 33.5 Å². The molecule has 2 aromatic carbocycles. The Morgan fingerprint density at radius 3 is 2.47 bits per heavy atom. The van der Waals surface area contributed by atoms with E-state index in [4.69, 9.17) is 20.4 Å². The van der Waals surface area contributed by atoms with E-state index in [2.05, 4.69) is 17.4 Å². The summed E-state index contributed by atoms with van der Waals surface area (Å²) in [6, 6.07) is 17.6. The Balaban J connectivity index is 1.44. The monoisotopic (exact) mass is 525 g/mol. The van der Waals surface area contributed by atoms with Crippen molar-refractivity contribution in [1.29, 1.82) is 0 Å². The molecule has 0 atom stereocenters. The highest BCUT2D eigenvalue weighted by Crippen LogP contribution is 2.39. The van der Waals surface area contributed by atoms with Gasteiger partial charge in [0, 0.05) is 11.4 Å². The molecule has 1 amide bonds. The molecule has 5 aromatic rings. The highest BCUT2D eigenvalue weighted by molar-refractivity contribution is 7.17. The van der Waals surface area contributed by atoms with Gasteiger partial charge in [-0.05, 0) is 55.4 Å². The zero-order valence-electron chi connectivity index (χ0n) is 21.0. The summed E-state index contributed by atoms with van der Waals surface area (Å²) in [5.74, 6) is -0.562. The molecule has 0 saturated heterocycles. The zero-order valence-corrected chi connectivity index (χ0v) is 21.8. The van der Waals surface area contributed by atoms with Crippen molar-refractivity contribution in [3.63, 3.8) is 0 Å². The molecule has 0 fully saturated rings. The first-order chi connectivity index (χ1) is 18.5. The van der Waals surface area contributed by atoms with E-state index in [1.165, 1.54) is 18.4 Å². The van der Waals surface area contributed by atoms with Crippen molar-refractivity contribution in [2.24, 2.45) is 0 Å². The number of aryl methyl sites for hydroxylation is 3. The molecule has 192 valence electrons. The number of nitrogens with zero attached hydrogens (tertiary/aromatic N) is 3. The number of nitrogens with two attached hydrogens (primary N) is 1. The summed E-state index contributed by atoms with van der Waals surface area (Å²) in [4.78, 5) is 37.3. The fraction of sp³-hybridized carbons (Fsp3) is 0.241. The summed E-state index contributed by atoms with van der Waals surface area (Å²) < 4.78 is 6.93. The number of nitrogens with one attached hydrogen (secondary N) is 1. The molecule has 8 nitrogen and oxygen atoms in total. The van der Waals surface area contributed by atoms with E-state index in [9.17, 15) is 9.59 Å². The molecule has 0 saturated carbocycles. The van der Waals surface area contributed by atoms with Crippen LogP contribution in [0.1, 0.15) is 49.6 Å². The van der Waals surface area contributed by atoms with Crippen LogP contribution in [0.25, 0.3) is 22.2 Å². The fourth-order valence-electron chi connectivity index (χ4n) is 5.19. The van der Waals surface area contributed by atoms with Crippen molar-refractivity contribution >= 4 is 56.2 Å². The van der Waals surface area contributed by atoms with Gasteiger partial charge in [-0.3, -0.25) is 4.79 Å². The number of para-hydroxylation sites is 2. The lowest BCUT2D eigenvalue weighted by molar-refractivity contribution is 0.0601. The van der Waals surface area contributed by atoms with Crippen molar-refractivity contribution in [3.8, 4) is 0 Å². The van der Waals surface area contributed by atoms with Crippen LogP contribution < -0.4 is 11.1 Å². The molecule has 3 N–H and O–H groups in total. The van der Waals surface area contributed by atoms with E-state index in [-0.39, 0.29) is 5.56 Å². The van der Waals surface area contributed by atoms with Crippen molar-refractivity contribution in [2.45, 2.75) is 38.6 Å².